The van der Waals surface area contributed by atoms with E-state index in [0.717, 1.165) is 27.9 Å². The number of anilines is 2. The third-order valence-electron chi connectivity index (χ3n) is 6.39. The summed E-state index contributed by atoms with van der Waals surface area (Å²) in [6, 6.07) is 16.8. The first-order valence-electron chi connectivity index (χ1n) is 11.9. The molecule has 1 heterocycles. The van der Waals surface area contributed by atoms with Crippen molar-refractivity contribution in [2.45, 2.75) is 4.90 Å². The highest BCUT2D eigenvalue weighted by Gasteiger charge is 2.31. The van der Waals surface area contributed by atoms with Crippen molar-refractivity contribution in [2.75, 3.05) is 63.3 Å². The molecule has 202 valence electrons. The first-order chi connectivity index (χ1) is 18.3. The number of rotatable bonds is 9. The fourth-order valence-electron chi connectivity index (χ4n) is 4.34. The molecule has 1 fully saturated rings. The summed E-state index contributed by atoms with van der Waals surface area (Å²) in [5.41, 5.74) is 1.10. The second-order valence-corrected chi connectivity index (χ2v) is 10.4. The van der Waals surface area contributed by atoms with Crippen LogP contribution in [0.15, 0.2) is 71.6 Å². The van der Waals surface area contributed by atoms with Crippen molar-refractivity contribution in [1.82, 2.24) is 4.90 Å². The second-order valence-electron chi connectivity index (χ2n) is 8.54. The monoisotopic (exact) mass is 543 g/mol. The first-order valence-corrected chi connectivity index (χ1v) is 13.4. The van der Waals surface area contributed by atoms with Crippen LogP contribution in [0, 0.1) is 5.82 Å². The minimum absolute atomic E-state index is 0.0896. The number of benzene rings is 3. The number of ether oxygens (including phenoxy) is 3. The Morgan fingerprint density at radius 2 is 1.47 bits per heavy atom. The average molecular weight is 544 g/mol. The Labute approximate surface area is 222 Å². The predicted molar refractivity (Wildman–Crippen MR) is 142 cm³/mol. The molecule has 0 bridgehead atoms. The SMILES string of the molecule is COc1ccc(S(=O)(=O)N(CC(=O)N2CCN(c3ccccc3OC)CC2)c2ccc(F)cc2)cc1OC. The van der Waals surface area contributed by atoms with E-state index in [1.807, 2.05) is 24.3 Å². The van der Waals surface area contributed by atoms with Crippen molar-refractivity contribution in [3.05, 3.63) is 72.5 Å². The number of carbonyl (C=O) groups excluding carboxylic acids is 1. The molecular weight excluding hydrogens is 513 g/mol. The standard InChI is InChI=1S/C27H30FN3O6S/c1-35-24-7-5-4-6-23(24)29-14-16-30(17-15-29)27(32)19-31(21-10-8-20(28)9-11-21)38(33,34)22-12-13-25(36-2)26(18-22)37-3/h4-13,18H,14-17,19H2,1-3H3. The van der Waals surface area contributed by atoms with Crippen LogP contribution in [0.25, 0.3) is 0 Å². The summed E-state index contributed by atoms with van der Waals surface area (Å²) in [5.74, 6) is 0.458. The lowest BCUT2D eigenvalue weighted by atomic mass is 10.2. The number of hydrogen-bond donors (Lipinski definition) is 0. The van der Waals surface area contributed by atoms with E-state index in [1.165, 1.54) is 44.6 Å². The Kier molecular flexibility index (Phi) is 8.26. The maximum Gasteiger partial charge on any atom is 0.264 e. The van der Waals surface area contributed by atoms with Gasteiger partial charge < -0.3 is 24.0 Å². The maximum absolute atomic E-state index is 13.8. The molecule has 0 aromatic heterocycles. The number of hydrogen-bond acceptors (Lipinski definition) is 7. The van der Waals surface area contributed by atoms with Gasteiger partial charge in [0.25, 0.3) is 10.0 Å². The van der Waals surface area contributed by atoms with Gasteiger partial charge in [-0.1, -0.05) is 12.1 Å². The van der Waals surface area contributed by atoms with Gasteiger partial charge in [0.05, 0.1) is 37.6 Å². The third kappa shape index (κ3) is 5.62. The fraction of sp³-hybridized carbons (Fsp3) is 0.296. The fourth-order valence-corrected chi connectivity index (χ4v) is 5.77. The number of piperazine rings is 1. The molecule has 1 aliphatic rings. The van der Waals surface area contributed by atoms with E-state index >= 15 is 0 Å². The number of amides is 1. The lowest BCUT2D eigenvalue weighted by Crippen LogP contribution is -2.52. The van der Waals surface area contributed by atoms with Gasteiger partial charge in [-0.2, -0.15) is 0 Å². The van der Waals surface area contributed by atoms with Gasteiger partial charge in [0.15, 0.2) is 11.5 Å². The molecule has 3 aromatic carbocycles. The average Bonchev–Trinajstić information content (AvgIpc) is 2.95. The van der Waals surface area contributed by atoms with Crippen molar-refractivity contribution in [1.29, 1.82) is 0 Å². The molecule has 1 amide bonds. The van der Waals surface area contributed by atoms with E-state index in [1.54, 1.807) is 12.0 Å². The van der Waals surface area contributed by atoms with Crippen molar-refractivity contribution in [2.24, 2.45) is 0 Å². The highest BCUT2D eigenvalue weighted by Crippen LogP contribution is 2.33. The molecule has 9 nitrogen and oxygen atoms in total. The van der Waals surface area contributed by atoms with E-state index in [4.69, 9.17) is 14.2 Å². The van der Waals surface area contributed by atoms with Crippen molar-refractivity contribution < 1.29 is 31.8 Å². The van der Waals surface area contributed by atoms with Crippen molar-refractivity contribution >= 4 is 27.3 Å². The van der Waals surface area contributed by atoms with Crippen LogP contribution < -0.4 is 23.4 Å². The zero-order valence-electron chi connectivity index (χ0n) is 21.5. The molecule has 0 saturated carbocycles. The van der Waals surface area contributed by atoms with E-state index < -0.39 is 22.4 Å². The molecule has 0 aliphatic carbocycles. The molecule has 1 saturated heterocycles. The molecule has 38 heavy (non-hydrogen) atoms. The number of para-hydroxylation sites is 2. The minimum Gasteiger partial charge on any atom is -0.495 e. The Hall–Kier alpha value is -3.99. The second kappa shape index (κ2) is 11.6. The molecule has 4 rings (SSSR count). The number of halogens is 1. The number of methoxy groups -OCH3 is 3. The van der Waals surface area contributed by atoms with E-state index in [2.05, 4.69) is 4.90 Å². The van der Waals surface area contributed by atoms with Crippen LogP contribution in [-0.2, 0) is 14.8 Å². The topological polar surface area (TPSA) is 88.6 Å². The third-order valence-corrected chi connectivity index (χ3v) is 8.16. The van der Waals surface area contributed by atoms with Gasteiger partial charge in [-0.05, 0) is 48.5 Å². The van der Waals surface area contributed by atoms with Crippen molar-refractivity contribution in [3.8, 4) is 17.2 Å². The Bertz CT molecular complexity index is 1380. The molecular formula is C27H30FN3O6S. The molecule has 0 spiro atoms. The van der Waals surface area contributed by atoms with Crippen LogP contribution in [0.5, 0.6) is 17.2 Å². The molecule has 0 unspecified atom stereocenters. The van der Waals surface area contributed by atoms with E-state index in [9.17, 15) is 17.6 Å². The van der Waals surface area contributed by atoms with Gasteiger partial charge in [-0.25, -0.2) is 12.8 Å². The Balaban J connectivity index is 1.57. The zero-order chi connectivity index (χ0) is 27.3. The first kappa shape index (κ1) is 27.1. The minimum atomic E-state index is -4.22. The lowest BCUT2D eigenvalue weighted by Gasteiger charge is -2.37. The predicted octanol–water partition coefficient (Wildman–Crippen LogP) is 3.40. The largest absolute Gasteiger partial charge is 0.495 e. The summed E-state index contributed by atoms with van der Waals surface area (Å²) in [6.45, 7) is 1.49. The summed E-state index contributed by atoms with van der Waals surface area (Å²) in [4.78, 5) is 17.0. The maximum atomic E-state index is 13.8. The lowest BCUT2D eigenvalue weighted by molar-refractivity contribution is -0.129. The van der Waals surface area contributed by atoms with Gasteiger partial charge in [-0.3, -0.25) is 9.10 Å². The Morgan fingerprint density at radius 3 is 2.11 bits per heavy atom. The highest BCUT2D eigenvalue weighted by atomic mass is 32.2. The summed E-state index contributed by atoms with van der Waals surface area (Å²) < 4.78 is 58.1. The summed E-state index contributed by atoms with van der Waals surface area (Å²) >= 11 is 0. The van der Waals surface area contributed by atoms with Gasteiger partial charge in [-0.15, -0.1) is 0 Å². The van der Waals surface area contributed by atoms with Gasteiger partial charge in [0.2, 0.25) is 5.91 Å². The van der Waals surface area contributed by atoms with Gasteiger partial charge >= 0.3 is 0 Å². The van der Waals surface area contributed by atoms with Crippen LogP contribution in [0.2, 0.25) is 0 Å². The molecule has 11 heteroatoms. The molecule has 0 atom stereocenters. The normalized spacial score (nSPS) is 13.7. The van der Waals surface area contributed by atoms with Crippen molar-refractivity contribution in [3.63, 3.8) is 0 Å². The van der Waals surface area contributed by atoms with E-state index in [-0.39, 0.29) is 22.2 Å². The van der Waals surface area contributed by atoms with Crippen LogP contribution in [-0.4, -0.2) is 73.3 Å². The van der Waals surface area contributed by atoms with Crippen LogP contribution >= 0.6 is 0 Å². The van der Waals surface area contributed by atoms with Crippen LogP contribution in [0.1, 0.15) is 0 Å². The smallest absolute Gasteiger partial charge is 0.264 e. The Morgan fingerprint density at radius 1 is 0.842 bits per heavy atom. The summed E-state index contributed by atoms with van der Waals surface area (Å²) in [5, 5.41) is 0. The molecule has 3 aromatic rings. The van der Waals surface area contributed by atoms with Crippen LogP contribution in [0.4, 0.5) is 15.8 Å². The summed E-state index contributed by atoms with van der Waals surface area (Å²) in [6.07, 6.45) is 0. The zero-order valence-corrected chi connectivity index (χ0v) is 22.3. The number of carbonyl (C=O) groups is 1. The van der Waals surface area contributed by atoms with Gasteiger partial charge in [0, 0.05) is 32.2 Å². The molecule has 1 aliphatic heterocycles. The highest BCUT2D eigenvalue weighted by molar-refractivity contribution is 7.92. The quantitative estimate of drug-likeness (QED) is 0.409. The molecule has 0 N–H and O–H groups in total. The van der Waals surface area contributed by atoms with Gasteiger partial charge in [0.1, 0.15) is 18.1 Å². The number of sulfonamides is 1. The summed E-state index contributed by atoms with van der Waals surface area (Å²) in [7, 11) is 0.243. The molecule has 0 radical (unpaired) electrons. The van der Waals surface area contributed by atoms with Crippen LogP contribution in [0.3, 0.4) is 0 Å². The number of nitrogens with zero attached hydrogens (tertiary/aromatic N) is 3. The van der Waals surface area contributed by atoms with E-state index in [0.29, 0.717) is 31.9 Å².